The molecule has 0 radical (unpaired) electrons. The van der Waals surface area contributed by atoms with Crippen molar-refractivity contribution in [2.45, 2.75) is 23.1 Å². The van der Waals surface area contributed by atoms with Gasteiger partial charge in [0, 0.05) is 49.5 Å². The summed E-state index contributed by atoms with van der Waals surface area (Å²) in [6, 6.07) is 13.2. The Balaban J connectivity index is 1.50. The van der Waals surface area contributed by atoms with Crippen LogP contribution >= 0.6 is 23.1 Å². The quantitative estimate of drug-likeness (QED) is 0.397. The number of carbonyl (C=O) groups is 1. The molecule has 0 bridgehead atoms. The van der Waals surface area contributed by atoms with Gasteiger partial charge in [0.25, 0.3) is 0 Å². The smallest absolute Gasteiger partial charge is 0.229 e. The van der Waals surface area contributed by atoms with Crippen molar-refractivity contribution in [3.8, 4) is 0 Å². The summed E-state index contributed by atoms with van der Waals surface area (Å²) in [7, 11) is -3.31. The van der Waals surface area contributed by atoms with Crippen molar-refractivity contribution in [1.82, 2.24) is 9.88 Å². The Morgan fingerprint density at radius 2 is 1.91 bits per heavy atom. The molecule has 0 unspecified atom stereocenters. The second-order valence-corrected chi connectivity index (χ2v) is 12.5. The third-order valence-corrected chi connectivity index (χ3v) is 8.82. The van der Waals surface area contributed by atoms with Gasteiger partial charge < -0.3 is 4.74 Å². The molecule has 0 N–H and O–H groups in total. The number of nitrogens with zero attached hydrogens (tertiary/aromatic N) is 3. The Morgan fingerprint density at radius 3 is 2.62 bits per heavy atom. The van der Waals surface area contributed by atoms with Gasteiger partial charge in [-0.05, 0) is 37.3 Å². The first kappa shape index (κ1) is 25.1. The van der Waals surface area contributed by atoms with Crippen molar-refractivity contribution in [2.24, 2.45) is 0 Å². The fourth-order valence-corrected chi connectivity index (χ4v) is 6.27. The van der Waals surface area contributed by atoms with E-state index in [4.69, 9.17) is 4.74 Å². The first-order chi connectivity index (χ1) is 16.3. The van der Waals surface area contributed by atoms with Gasteiger partial charge in [0.1, 0.15) is 0 Å². The Labute approximate surface area is 209 Å². The highest BCUT2D eigenvalue weighted by Crippen LogP contribution is 2.31. The van der Waals surface area contributed by atoms with Crippen LogP contribution in [0.4, 0.5) is 5.13 Å². The first-order valence-corrected chi connectivity index (χ1v) is 14.9. The molecule has 1 aromatic heterocycles. The van der Waals surface area contributed by atoms with Gasteiger partial charge in [-0.1, -0.05) is 29.0 Å². The van der Waals surface area contributed by atoms with Gasteiger partial charge in [-0.3, -0.25) is 14.6 Å². The molecule has 7 nitrogen and oxygen atoms in total. The number of hydrogen-bond acceptors (Lipinski definition) is 8. The van der Waals surface area contributed by atoms with Crippen LogP contribution in [0.3, 0.4) is 0 Å². The highest BCUT2D eigenvalue weighted by atomic mass is 32.2. The molecule has 2 aromatic carbocycles. The van der Waals surface area contributed by atoms with Gasteiger partial charge in [0.2, 0.25) is 5.91 Å². The molecular weight excluding hydrogens is 490 g/mol. The molecular formula is C24H29N3O4S3. The fraction of sp³-hybridized carbons (Fsp3) is 0.417. The molecule has 34 heavy (non-hydrogen) atoms. The summed E-state index contributed by atoms with van der Waals surface area (Å²) in [6.45, 7) is 6.44. The minimum atomic E-state index is -3.31. The first-order valence-electron chi connectivity index (χ1n) is 11.2. The summed E-state index contributed by atoms with van der Waals surface area (Å²) in [5.74, 6) is 0.703. The zero-order valence-electron chi connectivity index (χ0n) is 19.4. The fourth-order valence-electron chi connectivity index (χ4n) is 3.66. The Morgan fingerprint density at radius 1 is 1.18 bits per heavy atom. The van der Waals surface area contributed by atoms with Crippen LogP contribution in [0.1, 0.15) is 12.0 Å². The van der Waals surface area contributed by atoms with Gasteiger partial charge in [-0.15, -0.1) is 11.8 Å². The third-order valence-electron chi connectivity index (χ3n) is 5.66. The number of aromatic nitrogens is 1. The molecule has 1 aliphatic heterocycles. The van der Waals surface area contributed by atoms with Crippen LogP contribution in [-0.4, -0.2) is 75.6 Å². The Hall–Kier alpha value is -1.98. The van der Waals surface area contributed by atoms with Crippen LogP contribution in [0.2, 0.25) is 0 Å². The second kappa shape index (κ2) is 11.2. The van der Waals surface area contributed by atoms with E-state index in [2.05, 4.69) is 41.1 Å². The number of sulfone groups is 1. The maximum Gasteiger partial charge on any atom is 0.229 e. The lowest BCUT2D eigenvalue weighted by atomic mass is 10.2. The molecule has 0 saturated carbocycles. The zero-order valence-corrected chi connectivity index (χ0v) is 21.8. The van der Waals surface area contributed by atoms with E-state index in [-0.39, 0.29) is 10.8 Å². The topological polar surface area (TPSA) is 79.8 Å². The predicted molar refractivity (Wildman–Crippen MR) is 139 cm³/mol. The minimum absolute atomic E-state index is 0.0234. The number of thioether (sulfide) groups is 1. The largest absolute Gasteiger partial charge is 0.379 e. The molecule has 2 heterocycles. The second-order valence-electron chi connectivity index (χ2n) is 8.31. The third kappa shape index (κ3) is 6.57. The monoisotopic (exact) mass is 519 g/mol. The van der Waals surface area contributed by atoms with E-state index >= 15 is 0 Å². The molecule has 0 atom stereocenters. The number of thiazole rings is 1. The zero-order chi connectivity index (χ0) is 24.1. The van der Waals surface area contributed by atoms with Crippen molar-refractivity contribution in [1.29, 1.82) is 0 Å². The number of anilines is 1. The van der Waals surface area contributed by atoms with E-state index in [9.17, 15) is 13.2 Å². The van der Waals surface area contributed by atoms with E-state index in [0.29, 0.717) is 42.6 Å². The predicted octanol–water partition coefficient (Wildman–Crippen LogP) is 3.86. The number of fused-ring (bicyclic) bond motifs is 1. The molecule has 1 fully saturated rings. The lowest BCUT2D eigenvalue weighted by Crippen LogP contribution is -2.43. The highest BCUT2D eigenvalue weighted by Gasteiger charge is 2.22. The van der Waals surface area contributed by atoms with Crippen LogP contribution in [0.5, 0.6) is 0 Å². The van der Waals surface area contributed by atoms with Crippen LogP contribution in [0.25, 0.3) is 10.2 Å². The molecule has 3 aromatic rings. The highest BCUT2D eigenvalue weighted by molar-refractivity contribution is 7.99. The summed E-state index contributed by atoms with van der Waals surface area (Å²) in [6.07, 6.45) is 1.59. The number of rotatable bonds is 9. The van der Waals surface area contributed by atoms with Crippen LogP contribution in [0.15, 0.2) is 52.3 Å². The molecule has 10 heteroatoms. The van der Waals surface area contributed by atoms with Gasteiger partial charge in [0.15, 0.2) is 15.0 Å². The van der Waals surface area contributed by atoms with Crippen molar-refractivity contribution in [3.05, 3.63) is 48.0 Å². The summed E-state index contributed by atoms with van der Waals surface area (Å²) >= 11 is 3.03. The lowest BCUT2D eigenvalue weighted by molar-refractivity contribution is -0.118. The Bertz CT molecular complexity index is 1240. The van der Waals surface area contributed by atoms with Gasteiger partial charge in [-0.25, -0.2) is 13.4 Å². The number of aryl methyl sites for hydroxylation is 1. The maximum absolute atomic E-state index is 13.3. The maximum atomic E-state index is 13.3. The van der Waals surface area contributed by atoms with E-state index in [1.807, 2.05) is 0 Å². The number of hydrogen-bond donors (Lipinski definition) is 0. The molecule has 0 aliphatic carbocycles. The average Bonchev–Trinajstić information content (AvgIpc) is 3.24. The number of amides is 1. The molecule has 1 saturated heterocycles. The normalized spacial score (nSPS) is 15.0. The molecule has 0 spiro atoms. The summed E-state index contributed by atoms with van der Waals surface area (Å²) < 4.78 is 30.1. The van der Waals surface area contributed by atoms with Crippen molar-refractivity contribution >= 4 is 54.2 Å². The van der Waals surface area contributed by atoms with Gasteiger partial charge in [-0.2, -0.15) is 0 Å². The number of ether oxygens (including phenoxy) is 1. The van der Waals surface area contributed by atoms with Crippen LogP contribution in [-0.2, 0) is 19.4 Å². The minimum Gasteiger partial charge on any atom is -0.379 e. The lowest BCUT2D eigenvalue weighted by Gasteiger charge is -2.29. The summed E-state index contributed by atoms with van der Waals surface area (Å²) in [5, 5.41) is 0.610. The van der Waals surface area contributed by atoms with Gasteiger partial charge in [0.05, 0.1) is 28.3 Å². The van der Waals surface area contributed by atoms with E-state index in [0.717, 1.165) is 29.2 Å². The molecule has 4 rings (SSSR count). The molecule has 182 valence electrons. The van der Waals surface area contributed by atoms with E-state index in [1.165, 1.54) is 23.2 Å². The number of carbonyl (C=O) groups excluding carboxylic acids is 1. The summed E-state index contributed by atoms with van der Waals surface area (Å²) in [5.41, 5.74) is 1.91. The number of morpholine rings is 1. The molecule has 1 amide bonds. The van der Waals surface area contributed by atoms with Crippen LogP contribution < -0.4 is 4.90 Å². The van der Waals surface area contributed by atoms with E-state index in [1.54, 1.807) is 34.9 Å². The van der Waals surface area contributed by atoms with Crippen LogP contribution in [0, 0.1) is 6.92 Å². The standard InChI is InChI=1S/C24H29N3O4S3/c1-18-3-5-19(6-4-18)32-16-9-23(28)27(11-10-26-12-14-31-15-13-26)24-25-21-8-7-20(34(2,29)30)17-22(21)33-24/h3-8,17H,9-16H2,1-2H3. The average molecular weight is 520 g/mol. The SMILES string of the molecule is Cc1ccc(SCCC(=O)N(CCN2CCOCC2)c2nc3ccc(S(C)(=O)=O)cc3s2)cc1. The van der Waals surface area contributed by atoms with Crippen molar-refractivity contribution in [3.63, 3.8) is 0 Å². The Kier molecular flexibility index (Phi) is 8.26. The van der Waals surface area contributed by atoms with Crippen molar-refractivity contribution < 1.29 is 17.9 Å². The number of benzene rings is 2. The molecule has 1 aliphatic rings. The van der Waals surface area contributed by atoms with Gasteiger partial charge >= 0.3 is 0 Å². The van der Waals surface area contributed by atoms with Crippen molar-refractivity contribution in [2.75, 3.05) is 56.3 Å². The summed E-state index contributed by atoms with van der Waals surface area (Å²) in [4.78, 5) is 23.4. The van der Waals surface area contributed by atoms with E-state index < -0.39 is 9.84 Å².